The SMILES string of the molecule is C=CC[n+]1c(/C=C/c2ccc(N3CCOCC3)cc2)sc2ccccc21. The molecule has 4 rings (SSSR count). The van der Waals surface area contributed by atoms with Gasteiger partial charge in [0, 0.05) is 30.9 Å². The molecule has 26 heavy (non-hydrogen) atoms. The van der Waals surface area contributed by atoms with Gasteiger partial charge in [0.2, 0.25) is 5.52 Å². The number of rotatable bonds is 5. The van der Waals surface area contributed by atoms with E-state index in [1.54, 1.807) is 0 Å². The Morgan fingerprint density at radius 3 is 2.58 bits per heavy atom. The first-order valence-corrected chi connectivity index (χ1v) is 9.80. The van der Waals surface area contributed by atoms with Crippen LogP contribution in [0.3, 0.4) is 0 Å². The third-order valence-corrected chi connectivity index (χ3v) is 5.77. The van der Waals surface area contributed by atoms with E-state index in [1.165, 1.54) is 26.5 Å². The minimum absolute atomic E-state index is 0.816. The monoisotopic (exact) mass is 363 g/mol. The molecular formula is C22H23N2OS+. The molecule has 0 unspecified atom stereocenters. The fourth-order valence-corrected chi connectivity index (χ4v) is 4.35. The van der Waals surface area contributed by atoms with E-state index in [9.17, 15) is 0 Å². The van der Waals surface area contributed by atoms with Gasteiger partial charge in [0.05, 0.1) is 13.2 Å². The summed E-state index contributed by atoms with van der Waals surface area (Å²) >= 11 is 1.82. The largest absolute Gasteiger partial charge is 0.378 e. The van der Waals surface area contributed by atoms with Gasteiger partial charge in [-0.25, -0.2) is 0 Å². The highest BCUT2D eigenvalue weighted by atomic mass is 32.1. The summed E-state index contributed by atoms with van der Waals surface area (Å²) in [6.45, 7) is 8.30. The molecule has 1 fully saturated rings. The van der Waals surface area contributed by atoms with Crippen molar-refractivity contribution in [1.82, 2.24) is 0 Å². The molecule has 1 aromatic heterocycles. The highest BCUT2D eigenvalue weighted by Gasteiger charge is 2.16. The molecule has 3 aromatic rings. The number of nitrogens with zero attached hydrogens (tertiary/aromatic N) is 2. The van der Waals surface area contributed by atoms with Crippen molar-refractivity contribution in [2.75, 3.05) is 31.2 Å². The van der Waals surface area contributed by atoms with Crippen molar-refractivity contribution in [3.8, 4) is 0 Å². The van der Waals surface area contributed by atoms with Crippen LogP contribution in [0.25, 0.3) is 22.4 Å². The first-order chi connectivity index (χ1) is 12.8. The molecule has 1 aliphatic rings. The maximum atomic E-state index is 5.43. The normalized spacial score (nSPS) is 15.0. The smallest absolute Gasteiger partial charge is 0.263 e. The van der Waals surface area contributed by atoms with Crippen LogP contribution in [-0.4, -0.2) is 26.3 Å². The van der Waals surface area contributed by atoms with Crippen molar-refractivity contribution in [2.45, 2.75) is 6.54 Å². The second-order valence-corrected chi connectivity index (χ2v) is 7.39. The molecule has 0 saturated carbocycles. The topological polar surface area (TPSA) is 16.4 Å². The fraction of sp³-hybridized carbons (Fsp3) is 0.227. The second kappa shape index (κ2) is 7.85. The van der Waals surface area contributed by atoms with Crippen molar-refractivity contribution < 1.29 is 9.30 Å². The van der Waals surface area contributed by atoms with Gasteiger partial charge in [-0.05, 0) is 35.9 Å². The maximum Gasteiger partial charge on any atom is 0.263 e. The van der Waals surface area contributed by atoms with Gasteiger partial charge in [-0.2, -0.15) is 4.57 Å². The summed E-state index contributed by atoms with van der Waals surface area (Å²) in [5.41, 5.74) is 3.75. The Morgan fingerprint density at radius 2 is 1.81 bits per heavy atom. The number of benzene rings is 2. The van der Waals surface area contributed by atoms with Gasteiger partial charge in [0.15, 0.2) is 6.54 Å². The summed E-state index contributed by atoms with van der Waals surface area (Å²) < 4.78 is 9.04. The number of ether oxygens (including phenoxy) is 1. The zero-order valence-electron chi connectivity index (χ0n) is 14.8. The summed E-state index contributed by atoms with van der Waals surface area (Å²) in [7, 11) is 0. The summed E-state index contributed by atoms with van der Waals surface area (Å²) in [5.74, 6) is 0. The second-order valence-electron chi connectivity index (χ2n) is 6.33. The zero-order valence-corrected chi connectivity index (χ0v) is 15.6. The highest BCUT2D eigenvalue weighted by molar-refractivity contribution is 7.18. The molecule has 3 nitrogen and oxygen atoms in total. The molecule has 0 atom stereocenters. The van der Waals surface area contributed by atoms with E-state index >= 15 is 0 Å². The molecular weight excluding hydrogens is 340 g/mol. The minimum atomic E-state index is 0.816. The average molecular weight is 364 g/mol. The van der Waals surface area contributed by atoms with Crippen molar-refractivity contribution in [2.24, 2.45) is 0 Å². The van der Waals surface area contributed by atoms with E-state index in [2.05, 4.69) is 76.7 Å². The molecule has 4 heteroatoms. The summed E-state index contributed by atoms with van der Waals surface area (Å²) in [5, 5.41) is 1.24. The molecule has 0 aliphatic carbocycles. The number of hydrogen-bond acceptors (Lipinski definition) is 3. The number of anilines is 1. The summed E-state index contributed by atoms with van der Waals surface area (Å²) in [6, 6.07) is 17.3. The maximum absolute atomic E-state index is 5.43. The van der Waals surface area contributed by atoms with Gasteiger partial charge >= 0.3 is 0 Å². The Labute approximate surface area is 158 Å². The van der Waals surface area contributed by atoms with Gasteiger partial charge in [0.1, 0.15) is 4.70 Å². The minimum Gasteiger partial charge on any atom is -0.378 e. The van der Waals surface area contributed by atoms with E-state index in [1.807, 2.05) is 17.4 Å². The highest BCUT2D eigenvalue weighted by Crippen LogP contribution is 2.23. The quantitative estimate of drug-likeness (QED) is 0.494. The molecule has 1 aliphatic heterocycles. The van der Waals surface area contributed by atoms with Crippen molar-refractivity contribution in [3.05, 3.63) is 71.8 Å². The molecule has 2 aromatic carbocycles. The van der Waals surface area contributed by atoms with E-state index in [-0.39, 0.29) is 0 Å². The van der Waals surface area contributed by atoms with E-state index < -0.39 is 0 Å². The number of thiazole rings is 1. The standard InChI is InChI=1S/C22H23N2OS/c1-2-13-24-20-5-3-4-6-21(20)26-22(24)12-9-18-7-10-19(11-8-18)23-14-16-25-17-15-23/h2-12H,1,13-17H2/q+1. The Morgan fingerprint density at radius 1 is 1.04 bits per heavy atom. The van der Waals surface area contributed by atoms with Crippen LogP contribution in [0.4, 0.5) is 5.69 Å². The number of morpholine rings is 1. The van der Waals surface area contributed by atoms with Crippen molar-refractivity contribution in [1.29, 1.82) is 0 Å². The predicted molar refractivity (Wildman–Crippen MR) is 111 cm³/mol. The van der Waals surface area contributed by atoms with E-state index in [4.69, 9.17) is 4.74 Å². The third-order valence-electron chi connectivity index (χ3n) is 4.64. The molecule has 132 valence electrons. The first-order valence-electron chi connectivity index (χ1n) is 8.98. The Kier molecular flexibility index (Phi) is 5.14. The van der Waals surface area contributed by atoms with Crippen LogP contribution >= 0.6 is 11.3 Å². The Hall–Kier alpha value is -2.43. The van der Waals surface area contributed by atoms with Gasteiger partial charge in [-0.15, -0.1) is 0 Å². The lowest BCUT2D eigenvalue weighted by molar-refractivity contribution is -0.658. The molecule has 1 saturated heterocycles. The van der Waals surface area contributed by atoms with Crippen LogP contribution in [0.15, 0.2) is 61.2 Å². The van der Waals surface area contributed by atoms with Crippen LogP contribution in [0, 0.1) is 0 Å². The first kappa shape index (κ1) is 17.0. The predicted octanol–water partition coefficient (Wildman–Crippen LogP) is 4.38. The van der Waals surface area contributed by atoms with Gasteiger partial charge in [-0.3, -0.25) is 0 Å². The third kappa shape index (κ3) is 3.57. The van der Waals surface area contributed by atoms with Crippen LogP contribution in [0.1, 0.15) is 10.6 Å². The fourth-order valence-electron chi connectivity index (χ4n) is 3.28. The van der Waals surface area contributed by atoms with Gasteiger partial charge in [0.25, 0.3) is 5.01 Å². The van der Waals surface area contributed by atoms with Crippen molar-refractivity contribution >= 4 is 39.4 Å². The van der Waals surface area contributed by atoms with Crippen LogP contribution in [0.2, 0.25) is 0 Å². The average Bonchev–Trinajstić information content (AvgIpc) is 3.05. The number of fused-ring (bicyclic) bond motifs is 1. The Balaban J connectivity index is 1.57. The molecule has 0 amide bonds. The lowest BCUT2D eigenvalue weighted by Crippen LogP contribution is -2.36. The molecule has 0 radical (unpaired) electrons. The molecule has 0 N–H and O–H groups in total. The zero-order chi connectivity index (χ0) is 17.8. The lowest BCUT2D eigenvalue weighted by atomic mass is 10.1. The van der Waals surface area contributed by atoms with Crippen LogP contribution < -0.4 is 9.47 Å². The number of allylic oxidation sites excluding steroid dienone is 1. The summed E-state index contributed by atoms with van der Waals surface area (Å²) in [4.78, 5) is 2.38. The van der Waals surface area contributed by atoms with E-state index in [0.717, 1.165) is 32.8 Å². The van der Waals surface area contributed by atoms with Crippen LogP contribution in [0.5, 0.6) is 0 Å². The summed E-state index contributed by atoms with van der Waals surface area (Å²) in [6.07, 6.45) is 6.35. The molecule has 0 spiro atoms. The molecule has 2 heterocycles. The molecule has 0 bridgehead atoms. The van der Waals surface area contributed by atoms with E-state index in [0.29, 0.717) is 0 Å². The van der Waals surface area contributed by atoms with Crippen LogP contribution in [-0.2, 0) is 11.3 Å². The lowest BCUT2D eigenvalue weighted by Gasteiger charge is -2.28. The number of aromatic nitrogens is 1. The van der Waals surface area contributed by atoms with Gasteiger partial charge in [-0.1, -0.05) is 42.2 Å². The number of hydrogen-bond donors (Lipinski definition) is 0. The number of para-hydroxylation sites is 1. The Bertz CT molecular complexity index is 921. The van der Waals surface area contributed by atoms with Crippen molar-refractivity contribution in [3.63, 3.8) is 0 Å². The van der Waals surface area contributed by atoms with Gasteiger partial charge < -0.3 is 9.64 Å².